The molecule has 2 heterocycles. The molecular formula is C18H31NO5. The Balaban J connectivity index is 2.12. The van der Waals surface area contributed by atoms with E-state index >= 15 is 0 Å². The fraction of sp³-hybridized carbons (Fsp3) is 0.944. The number of carbonyl (C=O) groups excluding carboxylic acids is 1. The molecule has 1 saturated carbocycles. The fourth-order valence-corrected chi connectivity index (χ4v) is 5.71. The molecule has 0 aromatic carbocycles. The van der Waals surface area contributed by atoms with Crippen LogP contribution in [0.4, 0.5) is 0 Å². The van der Waals surface area contributed by atoms with Crippen LogP contribution < -0.4 is 5.73 Å². The third-order valence-electron chi connectivity index (χ3n) is 7.12. The predicted octanol–water partition coefficient (Wildman–Crippen LogP) is 3.40. The molecule has 2 saturated heterocycles. The highest BCUT2D eigenvalue weighted by Crippen LogP contribution is 2.65. The molecule has 3 fully saturated rings. The van der Waals surface area contributed by atoms with Crippen molar-refractivity contribution < 1.29 is 24.4 Å². The quantitative estimate of drug-likeness (QED) is 0.464. The van der Waals surface area contributed by atoms with E-state index in [1.807, 2.05) is 6.92 Å². The summed E-state index contributed by atoms with van der Waals surface area (Å²) in [5.41, 5.74) is 5.54. The summed E-state index contributed by atoms with van der Waals surface area (Å²) in [6.07, 6.45) is 6.07. The van der Waals surface area contributed by atoms with Gasteiger partial charge < -0.3 is 4.74 Å². The van der Waals surface area contributed by atoms with Crippen LogP contribution in [0.2, 0.25) is 0 Å². The van der Waals surface area contributed by atoms with Gasteiger partial charge in [-0.05, 0) is 51.4 Å². The summed E-state index contributed by atoms with van der Waals surface area (Å²) in [5.74, 6) is -2.78. The van der Waals surface area contributed by atoms with Crippen LogP contribution in [-0.4, -0.2) is 22.9 Å². The van der Waals surface area contributed by atoms with Gasteiger partial charge in [0.15, 0.2) is 0 Å². The highest BCUT2D eigenvalue weighted by atomic mass is 17.2. The minimum Gasteiger partial charge on any atom is -0.418 e. The minimum atomic E-state index is -1.58. The Hall–Kier alpha value is -0.690. The van der Waals surface area contributed by atoms with Gasteiger partial charge in [0.1, 0.15) is 0 Å². The first-order chi connectivity index (χ1) is 11.2. The van der Waals surface area contributed by atoms with Crippen molar-refractivity contribution in [1.29, 1.82) is 0 Å². The third-order valence-corrected chi connectivity index (χ3v) is 7.12. The standard InChI is InChI=1S/C18H31NO5/c1-5-10-15(2)13-8-6-7-12-9-11-16(3,24-21)23-18(19,17(12,13)4)22-14(15)20/h12-13,21H,5-11,19H2,1-4H3/t12?,13-,15?,16+,17-,18?/m0/s1. The maximum Gasteiger partial charge on any atom is 0.315 e. The summed E-state index contributed by atoms with van der Waals surface area (Å²) < 4.78 is 11.8. The van der Waals surface area contributed by atoms with Crippen LogP contribution in [0.1, 0.15) is 72.6 Å². The van der Waals surface area contributed by atoms with E-state index in [1.54, 1.807) is 6.92 Å². The number of rotatable bonds is 3. The summed E-state index contributed by atoms with van der Waals surface area (Å²) >= 11 is 0. The average Bonchev–Trinajstić information content (AvgIpc) is 2.60. The third kappa shape index (κ3) is 2.26. The van der Waals surface area contributed by atoms with Crippen LogP contribution in [0.25, 0.3) is 0 Å². The van der Waals surface area contributed by atoms with Gasteiger partial charge in [-0.3, -0.25) is 15.3 Å². The molecular weight excluding hydrogens is 310 g/mol. The molecule has 1 aliphatic carbocycles. The second kappa shape index (κ2) is 5.66. The lowest BCUT2D eigenvalue weighted by Crippen LogP contribution is -2.73. The molecule has 0 aromatic rings. The van der Waals surface area contributed by atoms with Crippen molar-refractivity contribution in [1.82, 2.24) is 0 Å². The van der Waals surface area contributed by atoms with E-state index in [4.69, 9.17) is 15.2 Å². The highest BCUT2D eigenvalue weighted by Gasteiger charge is 2.71. The Morgan fingerprint density at radius 1 is 1.29 bits per heavy atom. The van der Waals surface area contributed by atoms with Gasteiger partial charge in [0.2, 0.25) is 5.79 Å². The topological polar surface area (TPSA) is 91.0 Å². The number of hydrogen-bond donors (Lipinski definition) is 2. The van der Waals surface area contributed by atoms with Crippen LogP contribution in [-0.2, 0) is 19.2 Å². The highest BCUT2D eigenvalue weighted by molar-refractivity contribution is 5.78. The van der Waals surface area contributed by atoms with Crippen molar-refractivity contribution in [2.24, 2.45) is 28.4 Å². The second-order valence-electron chi connectivity index (χ2n) is 8.55. The molecule has 3 aliphatic rings. The maximum absolute atomic E-state index is 12.9. The van der Waals surface area contributed by atoms with Crippen molar-refractivity contribution in [3.05, 3.63) is 0 Å². The molecule has 0 spiro atoms. The lowest BCUT2D eigenvalue weighted by molar-refractivity contribution is -0.461. The maximum atomic E-state index is 12.9. The Kier molecular flexibility index (Phi) is 4.27. The Morgan fingerprint density at radius 2 is 2.00 bits per heavy atom. The summed E-state index contributed by atoms with van der Waals surface area (Å²) in [7, 11) is 0. The molecule has 138 valence electrons. The van der Waals surface area contributed by atoms with E-state index in [9.17, 15) is 10.1 Å². The van der Waals surface area contributed by atoms with Crippen LogP contribution in [0.3, 0.4) is 0 Å². The molecule has 0 aromatic heterocycles. The molecule has 3 unspecified atom stereocenters. The van der Waals surface area contributed by atoms with Crippen LogP contribution in [0.5, 0.6) is 0 Å². The second-order valence-corrected chi connectivity index (χ2v) is 8.55. The molecule has 3 rings (SSSR count). The van der Waals surface area contributed by atoms with E-state index in [-0.39, 0.29) is 17.8 Å². The smallest absolute Gasteiger partial charge is 0.315 e. The zero-order valence-corrected chi connectivity index (χ0v) is 15.3. The monoisotopic (exact) mass is 341 g/mol. The Morgan fingerprint density at radius 3 is 2.62 bits per heavy atom. The van der Waals surface area contributed by atoms with E-state index in [1.165, 1.54) is 0 Å². The molecule has 24 heavy (non-hydrogen) atoms. The SMILES string of the molecule is CCCC1(C)C(=O)OC2(N)O[C@](C)(OO)CCC3CCC[C@@H]1[C@]32C. The molecule has 6 nitrogen and oxygen atoms in total. The van der Waals surface area contributed by atoms with Gasteiger partial charge in [-0.2, -0.15) is 0 Å². The Bertz CT molecular complexity index is 528. The van der Waals surface area contributed by atoms with Gasteiger partial charge in [0.25, 0.3) is 5.91 Å². The van der Waals surface area contributed by atoms with Crippen molar-refractivity contribution in [2.45, 2.75) is 84.3 Å². The average molecular weight is 341 g/mol. The molecule has 3 N–H and O–H groups in total. The molecule has 6 heteroatoms. The zero-order chi connectivity index (χ0) is 17.8. The van der Waals surface area contributed by atoms with E-state index < -0.39 is 22.5 Å². The molecule has 0 radical (unpaired) electrons. The van der Waals surface area contributed by atoms with E-state index in [2.05, 4.69) is 18.7 Å². The van der Waals surface area contributed by atoms with Crippen molar-refractivity contribution in [2.75, 3.05) is 0 Å². The largest absolute Gasteiger partial charge is 0.418 e. The van der Waals surface area contributed by atoms with Crippen LogP contribution in [0.15, 0.2) is 0 Å². The fourth-order valence-electron chi connectivity index (χ4n) is 5.71. The summed E-state index contributed by atoms with van der Waals surface area (Å²) in [6, 6.07) is 0. The number of ether oxygens (including phenoxy) is 2. The lowest BCUT2D eigenvalue weighted by atomic mass is 9.49. The van der Waals surface area contributed by atoms with Gasteiger partial charge in [0, 0.05) is 6.42 Å². The summed E-state index contributed by atoms with van der Waals surface area (Å²) in [5, 5.41) is 9.34. The van der Waals surface area contributed by atoms with Crippen molar-refractivity contribution in [3.63, 3.8) is 0 Å². The number of nitrogens with two attached hydrogens (primary N) is 1. The first-order valence-corrected chi connectivity index (χ1v) is 9.20. The van der Waals surface area contributed by atoms with Crippen molar-refractivity contribution in [3.8, 4) is 0 Å². The van der Waals surface area contributed by atoms with Crippen molar-refractivity contribution >= 4 is 5.97 Å². The minimum absolute atomic E-state index is 0.0935. The number of hydrogen-bond acceptors (Lipinski definition) is 6. The molecule has 0 bridgehead atoms. The number of carbonyl (C=O) groups is 1. The molecule has 2 aliphatic heterocycles. The van der Waals surface area contributed by atoms with Gasteiger partial charge in [-0.1, -0.05) is 26.7 Å². The predicted molar refractivity (Wildman–Crippen MR) is 87.4 cm³/mol. The lowest BCUT2D eigenvalue weighted by Gasteiger charge is -2.62. The number of esters is 1. The van der Waals surface area contributed by atoms with E-state index in [0.29, 0.717) is 6.42 Å². The Labute approximate surface area is 143 Å². The normalized spacial score (nSPS) is 51.5. The summed E-state index contributed by atoms with van der Waals surface area (Å²) in [6.45, 7) is 7.85. The van der Waals surface area contributed by atoms with Gasteiger partial charge in [-0.15, -0.1) is 0 Å². The zero-order valence-electron chi connectivity index (χ0n) is 15.3. The van der Waals surface area contributed by atoms with E-state index in [0.717, 1.165) is 38.5 Å². The molecule has 0 amide bonds. The van der Waals surface area contributed by atoms with Crippen LogP contribution in [0, 0.1) is 22.7 Å². The van der Waals surface area contributed by atoms with Gasteiger partial charge in [-0.25, -0.2) is 10.1 Å². The van der Waals surface area contributed by atoms with Crippen LogP contribution >= 0.6 is 0 Å². The molecule has 6 atom stereocenters. The first-order valence-electron chi connectivity index (χ1n) is 9.20. The van der Waals surface area contributed by atoms with Gasteiger partial charge in [0.05, 0.1) is 10.8 Å². The first kappa shape index (κ1) is 18.1. The van der Waals surface area contributed by atoms with Gasteiger partial charge >= 0.3 is 5.97 Å². The summed E-state index contributed by atoms with van der Waals surface area (Å²) in [4.78, 5) is 17.5.